The van der Waals surface area contributed by atoms with Crippen LogP contribution in [0.3, 0.4) is 0 Å². The number of fused-ring (bicyclic) bond motifs is 9. The van der Waals surface area contributed by atoms with Gasteiger partial charge in [-0.05, 0) is 47.8 Å². The number of amides is 2. The van der Waals surface area contributed by atoms with Crippen LogP contribution < -0.4 is 9.77 Å². The molecule has 1 aromatic heterocycles. The number of nitrogens with zero attached hydrogens (tertiary/aromatic N) is 2. The van der Waals surface area contributed by atoms with E-state index in [-0.39, 0.29) is 51.5 Å². The number of thiazole rings is 1. The van der Waals surface area contributed by atoms with Crippen molar-refractivity contribution in [3.63, 3.8) is 0 Å². The minimum absolute atomic E-state index is 0.0156. The second-order valence-electron chi connectivity index (χ2n) is 11.0. The summed E-state index contributed by atoms with van der Waals surface area (Å²) in [5, 5.41) is 10.8. The lowest BCUT2D eigenvalue weighted by Crippen LogP contribution is -2.49. The Hall–Kier alpha value is -2.59. The maximum absolute atomic E-state index is 13.7. The fourth-order valence-electron chi connectivity index (χ4n) is 7.36. The molecule has 1 aromatic carbocycles. The standard InChI is InChI=1S/C26H29N3O5S2/c1-10(2)19(25(32)33)29-23(30)17-13-9-14(18(17)24(29)31)20-16(13)15(21-22(35-20)27-26(34)36-21)11-5-7-12(8-6-11)28(3)4/h5-8,10,13-20H,9H2,1-4H3,(H,27,34)(H,32,33)/t13-,14-,15-,16-,17+,18-,19-,20-/m1/s1. The van der Waals surface area contributed by atoms with E-state index in [9.17, 15) is 24.3 Å². The molecule has 2 N–H and O–H groups in total. The molecule has 2 aliphatic heterocycles. The number of rotatable bonds is 5. The van der Waals surface area contributed by atoms with Crippen LogP contribution in [-0.2, 0) is 14.4 Å². The van der Waals surface area contributed by atoms with Gasteiger partial charge in [-0.2, -0.15) is 0 Å². The van der Waals surface area contributed by atoms with Crippen LogP contribution in [0.1, 0.15) is 36.6 Å². The lowest BCUT2D eigenvalue weighted by molar-refractivity contribution is -0.157. The van der Waals surface area contributed by atoms with Crippen LogP contribution in [0.25, 0.3) is 0 Å². The number of aliphatic carboxylic acids is 1. The maximum Gasteiger partial charge on any atom is 0.327 e. The summed E-state index contributed by atoms with van der Waals surface area (Å²) in [6.45, 7) is 3.47. The van der Waals surface area contributed by atoms with Gasteiger partial charge in [-0.15, -0.1) is 11.8 Å². The van der Waals surface area contributed by atoms with Crippen LogP contribution in [0, 0.1) is 35.5 Å². The van der Waals surface area contributed by atoms with E-state index in [1.165, 1.54) is 11.3 Å². The van der Waals surface area contributed by atoms with E-state index >= 15 is 0 Å². The zero-order chi connectivity index (χ0) is 25.6. The molecule has 2 amide bonds. The highest BCUT2D eigenvalue weighted by molar-refractivity contribution is 8.00. The van der Waals surface area contributed by atoms with Gasteiger partial charge in [0.1, 0.15) is 6.04 Å². The number of likely N-dealkylation sites (tertiary alicyclic amines) is 1. The fraction of sp³-hybridized carbons (Fsp3) is 0.538. The van der Waals surface area contributed by atoms with E-state index in [0.717, 1.165) is 32.5 Å². The van der Waals surface area contributed by atoms with E-state index in [0.29, 0.717) is 0 Å². The van der Waals surface area contributed by atoms with Crippen LogP contribution in [0.5, 0.6) is 0 Å². The van der Waals surface area contributed by atoms with Crippen LogP contribution in [0.2, 0.25) is 0 Å². The number of hydrogen-bond acceptors (Lipinski definition) is 7. The highest BCUT2D eigenvalue weighted by Gasteiger charge is 2.70. The van der Waals surface area contributed by atoms with Crippen molar-refractivity contribution in [1.29, 1.82) is 0 Å². The molecule has 0 unspecified atom stereocenters. The van der Waals surface area contributed by atoms with Gasteiger partial charge in [-0.3, -0.25) is 19.3 Å². The number of H-pyrrole nitrogens is 1. The third kappa shape index (κ3) is 3.19. The Balaban J connectivity index is 1.42. The van der Waals surface area contributed by atoms with Crippen molar-refractivity contribution in [3.05, 3.63) is 44.4 Å². The number of aromatic amines is 1. The molecule has 0 spiro atoms. The van der Waals surface area contributed by atoms with E-state index in [1.54, 1.807) is 25.6 Å². The van der Waals surface area contributed by atoms with E-state index in [2.05, 4.69) is 29.2 Å². The number of aromatic nitrogens is 1. The van der Waals surface area contributed by atoms with Crippen molar-refractivity contribution in [2.24, 2.45) is 35.5 Å². The highest BCUT2D eigenvalue weighted by atomic mass is 32.2. The minimum Gasteiger partial charge on any atom is -0.480 e. The van der Waals surface area contributed by atoms with E-state index < -0.39 is 23.8 Å². The van der Waals surface area contributed by atoms with Gasteiger partial charge in [-0.25, -0.2) is 4.79 Å². The Kier molecular flexibility index (Phi) is 5.42. The molecule has 2 aliphatic carbocycles. The molecular formula is C26H29N3O5S2. The predicted molar refractivity (Wildman–Crippen MR) is 137 cm³/mol. The van der Waals surface area contributed by atoms with E-state index in [1.807, 2.05) is 19.0 Å². The first-order valence-corrected chi connectivity index (χ1v) is 14.1. The summed E-state index contributed by atoms with van der Waals surface area (Å²) in [6.07, 6.45) is 0.786. The summed E-state index contributed by atoms with van der Waals surface area (Å²) in [6, 6.07) is 7.22. The number of nitrogens with one attached hydrogen (secondary N) is 1. The van der Waals surface area contributed by atoms with Crippen LogP contribution in [0.4, 0.5) is 5.69 Å². The lowest BCUT2D eigenvalue weighted by atomic mass is 9.68. The molecule has 3 fully saturated rings. The van der Waals surface area contributed by atoms with Gasteiger partial charge in [-0.1, -0.05) is 37.3 Å². The topological polar surface area (TPSA) is 111 Å². The summed E-state index contributed by atoms with van der Waals surface area (Å²) < 4.78 is 0. The molecule has 8 nitrogen and oxygen atoms in total. The van der Waals surface area contributed by atoms with Crippen molar-refractivity contribution in [1.82, 2.24) is 9.88 Å². The zero-order valence-electron chi connectivity index (χ0n) is 20.5. The summed E-state index contributed by atoms with van der Waals surface area (Å²) >= 11 is 2.88. The number of imide groups is 1. The molecule has 1 saturated heterocycles. The van der Waals surface area contributed by atoms with Crippen molar-refractivity contribution in [3.8, 4) is 0 Å². The number of thioether (sulfide) groups is 1. The second-order valence-corrected chi connectivity index (χ2v) is 13.2. The highest BCUT2D eigenvalue weighted by Crippen LogP contribution is 2.68. The second kappa shape index (κ2) is 8.21. The van der Waals surface area contributed by atoms with Crippen molar-refractivity contribution in [2.45, 2.75) is 42.5 Å². The smallest absolute Gasteiger partial charge is 0.327 e. The molecule has 8 atom stereocenters. The van der Waals surface area contributed by atoms with Crippen molar-refractivity contribution >= 4 is 46.6 Å². The Bertz CT molecular complexity index is 1320. The van der Waals surface area contributed by atoms with Crippen molar-refractivity contribution < 1.29 is 19.5 Å². The Morgan fingerprint density at radius 2 is 1.72 bits per heavy atom. The third-order valence-corrected chi connectivity index (χ3v) is 11.3. The maximum atomic E-state index is 13.7. The lowest BCUT2D eigenvalue weighted by Gasteiger charge is -2.43. The largest absolute Gasteiger partial charge is 0.480 e. The van der Waals surface area contributed by atoms with Crippen LogP contribution >= 0.6 is 23.1 Å². The predicted octanol–water partition coefficient (Wildman–Crippen LogP) is 3.08. The normalized spacial score (nSPS) is 33.0. The number of benzene rings is 1. The van der Waals surface area contributed by atoms with Gasteiger partial charge in [0.05, 0.1) is 16.9 Å². The van der Waals surface area contributed by atoms with Gasteiger partial charge in [0.2, 0.25) is 11.8 Å². The minimum atomic E-state index is -1.14. The molecular weight excluding hydrogens is 498 g/mol. The molecule has 36 heavy (non-hydrogen) atoms. The van der Waals surface area contributed by atoms with Gasteiger partial charge < -0.3 is 15.0 Å². The Morgan fingerprint density at radius 1 is 1.08 bits per heavy atom. The fourth-order valence-corrected chi connectivity index (χ4v) is 10.2. The molecule has 10 heteroatoms. The Labute approximate surface area is 217 Å². The van der Waals surface area contributed by atoms with Crippen LogP contribution in [0.15, 0.2) is 34.1 Å². The van der Waals surface area contributed by atoms with Gasteiger partial charge in [0.25, 0.3) is 0 Å². The number of anilines is 1. The van der Waals surface area contributed by atoms with E-state index in [4.69, 9.17) is 0 Å². The summed E-state index contributed by atoms with van der Waals surface area (Å²) in [5.41, 5.74) is 2.19. The first kappa shape index (κ1) is 23.8. The van der Waals surface area contributed by atoms with Crippen LogP contribution in [-0.4, -0.2) is 58.2 Å². The summed E-state index contributed by atoms with van der Waals surface area (Å²) in [4.78, 5) is 58.8. The number of carbonyl (C=O) groups is 3. The van der Waals surface area contributed by atoms with Gasteiger partial charge >= 0.3 is 10.8 Å². The van der Waals surface area contributed by atoms with Crippen molar-refractivity contribution in [2.75, 3.05) is 19.0 Å². The summed E-state index contributed by atoms with van der Waals surface area (Å²) in [5.74, 6) is -3.09. The molecule has 2 aromatic rings. The van der Waals surface area contributed by atoms with Gasteiger partial charge in [0, 0.05) is 35.8 Å². The molecule has 2 saturated carbocycles. The molecule has 0 radical (unpaired) electrons. The number of carboxylic acids is 1. The average molecular weight is 528 g/mol. The average Bonchev–Trinajstić information content (AvgIpc) is 3.54. The number of hydrogen-bond donors (Lipinski definition) is 2. The molecule has 3 heterocycles. The molecule has 4 aliphatic rings. The number of carbonyl (C=O) groups excluding carboxylic acids is 2. The number of carboxylic acid groups (broad SMARTS) is 1. The molecule has 190 valence electrons. The van der Waals surface area contributed by atoms with Gasteiger partial charge in [0.15, 0.2) is 0 Å². The monoisotopic (exact) mass is 527 g/mol. The quantitative estimate of drug-likeness (QED) is 0.575. The molecule has 6 rings (SSSR count). The SMILES string of the molecule is CC(C)[C@H](C(=O)O)N1C(=O)[C@@H]2[C@H]3C[C@@H]([C@@H]2C1=O)[C@@H]1[C@@H](c2ccc(N(C)C)cc2)c2sc(=O)[nH]c2S[C@H]31. The first-order chi connectivity index (χ1) is 17.1. The molecule has 2 bridgehead atoms. The summed E-state index contributed by atoms with van der Waals surface area (Å²) in [7, 11) is 3.98. The Morgan fingerprint density at radius 3 is 2.31 bits per heavy atom. The third-order valence-electron chi connectivity index (χ3n) is 8.69. The zero-order valence-corrected chi connectivity index (χ0v) is 22.1. The first-order valence-electron chi connectivity index (χ1n) is 12.4.